The molecule has 0 unspecified atom stereocenters. The van der Waals surface area contributed by atoms with E-state index < -0.39 is 6.03 Å². The van der Waals surface area contributed by atoms with Gasteiger partial charge in [-0.25, -0.2) is 9.69 Å². The predicted molar refractivity (Wildman–Crippen MR) is 29.8 cm³/mol. The highest BCUT2D eigenvalue weighted by Gasteiger charge is 2.19. The number of aliphatic imine (C=N–C) groups is 1. The maximum Gasteiger partial charge on any atom is 0.326 e. The van der Waals surface area contributed by atoms with Gasteiger partial charge in [0, 0.05) is 0 Å². The van der Waals surface area contributed by atoms with Crippen LogP contribution in [0.25, 0.3) is 0 Å². The van der Waals surface area contributed by atoms with Crippen molar-refractivity contribution in [2.75, 3.05) is 6.54 Å². The van der Waals surface area contributed by atoms with Gasteiger partial charge in [-0.15, -0.1) is 0 Å². The fourth-order valence-electron chi connectivity index (χ4n) is 0.521. The second kappa shape index (κ2) is 1.85. The van der Waals surface area contributed by atoms with E-state index in [4.69, 9.17) is 5.73 Å². The van der Waals surface area contributed by atoms with Crippen molar-refractivity contribution in [1.82, 2.24) is 4.90 Å². The predicted octanol–water partition coefficient (Wildman–Crippen LogP) is -1.06. The molecule has 0 saturated heterocycles. The van der Waals surface area contributed by atoms with Crippen LogP contribution in [0.4, 0.5) is 4.79 Å². The van der Waals surface area contributed by atoms with Crippen LogP contribution in [0.1, 0.15) is 0 Å². The van der Waals surface area contributed by atoms with E-state index in [1.807, 2.05) is 0 Å². The van der Waals surface area contributed by atoms with Crippen LogP contribution in [0.15, 0.2) is 4.99 Å². The number of hydrogen-bond acceptors (Lipinski definition) is 3. The number of imide groups is 1. The summed E-state index contributed by atoms with van der Waals surface area (Å²) in [6.45, 7) is 0.0307. The SMILES string of the molecule is NC(=O)N1C=NCC1=O. The number of primary amides is 1. The van der Waals surface area contributed by atoms with Gasteiger partial charge in [-0.2, -0.15) is 0 Å². The van der Waals surface area contributed by atoms with Crippen molar-refractivity contribution in [3.8, 4) is 0 Å². The largest absolute Gasteiger partial charge is 0.351 e. The average molecular weight is 127 g/mol. The average Bonchev–Trinajstić information content (AvgIpc) is 2.13. The van der Waals surface area contributed by atoms with Crippen LogP contribution in [-0.4, -0.2) is 29.7 Å². The molecule has 3 amide bonds. The molecule has 2 N–H and O–H groups in total. The maximum absolute atomic E-state index is 10.5. The minimum absolute atomic E-state index is 0.0307. The van der Waals surface area contributed by atoms with Crippen LogP contribution in [-0.2, 0) is 4.79 Å². The van der Waals surface area contributed by atoms with Gasteiger partial charge >= 0.3 is 6.03 Å². The number of amides is 3. The number of carbonyl (C=O) groups excluding carboxylic acids is 2. The zero-order valence-electron chi connectivity index (χ0n) is 4.57. The van der Waals surface area contributed by atoms with E-state index in [-0.39, 0.29) is 12.5 Å². The summed E-state index contributed by atoms with van der Waals surface area (Å²) in [5, 5.41) is 0. The highest BCUT2D eigenvalue weighted by atomic mass is 16.2. The van der Waals surface area contributed by atoms with Gasteiger partial charge in [-0.05, 0) is 0 Å². The van der Waals surface area contributed by atoms with Gasteiger partial charge in [0.25, 0.3) is 5.91 Å². The molecule has 48 valence electrons. The zero-order chi connectivity index (χ0) is 6.85. The molecule has 0 aliphatic carbocycles. The lowest BCUT2D eigenvalue weighted by atomic mass is 10.6. The summed E-state index contributed by atoms with van der Waals surface area (Å²) in [5.74, 6) is -0.373. The number of nitrogens with two attached hydrogens (primary N) is 1. The smallest absolute Gasteiger partial charge is 0.326 e. The summed E-state index contributed by atoms with van der Waals surface area (Å²) in [6.07, 6.45) is 1.13. The Morgan fingerprint density at radius 3 is 2.78 bits per heavy atom. The van der Waals surface area contributed by atoms with E-state index in [0.717, 1.165) is 11.2 Å². The lowest BCUT2D eigenvalue weighted by Crippen LogP contribution is -2.37. The van der Waals surface area contributed by atoms with E-state index in [9.17, 15) is 9.59 Å². The van der Waals surface area contributed by atoms with Gasteiger partial charge < -0.3 is 5.73 Å². The molecular weight excluding hydrogens is 122 g/mol. The van der Waals surface area contributed by atoms with Crippen molar-refractivity contribution in [1.29, 1.82) is 0 Å². The monoisotopic (exact) mass is 127 g/mol. The lowest BCUT2D eigenvalue weighted by molar-refractivity contribution is -0.122. The molecule has 9 heavy (non-hydrogen) atoms. The molecule has 0 fully saturated rings. The molecule has 0 spiro atoms. The standard InChI is InChI=1S/C4H5N3O2/c5-4(9)7-2-6-1-3(7)8/h2H,1H2,(H2,5,9). The lowest BCUT2D eigenvalue weighted by Gasteiger charge is -2.02. The van der Waals surface area contributed by atoms with Gasteiger partial charge in [-0.3, -0.25) is 9.79 Å². The molecule has 0 aromatic rings. The molecule has 5 heteroatoms. The van der Waals surface area contributed by atoms with Crippen LogP contribution >= 0.6 is 0 Å². The second-order valence-corrected chi connectivity index (χ2v) is 1.56. The second-order valence-electron chi connectivity index (χ2n) is 1.56. The summed E-state index contributed by atoms with van der Waals surface area (Å²) in [6, 6.07) is -0.777. The number of nitrogens with zero attached hydrogens (tertiary/aromatic N) is 2. The highest BCUT2D eigenvalue weighted by Crippen LogP contribution is 1.93. The molecular formula is C4H5N3O2. The molecule has 0 bridgehead atoms. The van der Waals surface area contributed by atoms with Gasteiger partial charge in [0.15, 0.2) is 0 Å². The Balaban J connectivity index is 2.71. The first-order valence-corrected chi connectivity index (χ1v) is 2.33. The third-order valence-electron chi connectivity index (χ3n) is 0.930. The quantitative estimate of drug-likeness (QED) is 0.450. The molecule has 1 rings (SSSR count). The Kier molecular flexibility index (Phi) is 1.18. The van der Waals surface area contributed by atoms with Crippen molar-refractivity contribution < 1.29 is 9.59 Å². The van der Waals surface area contributed by atoms with Crippen molar-refractivity contribution in [3.05, 3.63) is 0 Å². The molecule has 5 nitrogen and oxygen atoms in total. The first-order chi connectivity index (χ1) is 4.22. The third-order valence-corrected chi connectivity index (χ3v) is 0.930. The molecule has 0 atom stereocenters. The Morgan fingerprint density at radius 2 is 2.56 bits per heavy atom. The Hall–Kier alpha value is -1.39. The van der Waals surface area contributed by atoms with E-state index in [2.05, 4.69) is 4.99 Å². The minimum Gasteiger partial charge on any atom is -0.351 e. The first kappa shape index (κ1) is 5.74. The van der Waals surface area contributed by atoms with E-state index in [0.29, 0.717) is 0 Å². The van der Waals surface area contributed by atoms with Crippen molar-refractivity contribution in [2.24, 2.45) is 10.7 Å². The summed E-state index contributed by atoms with van der Waals surface area (Å²) in [4.78, 5) is 25.1. The number of rotatable bonds is 0. The summed E-state index contributed by atoms with van der Waals surface area (Å²) < 4.78 is 0. The fourth-order valence-corrected chi connectivity index (χ4v) is 0.521. The maximum atomic E-state index is 10.5. The summed E-state index contributed by atoms with van der Waals surface area (Å²) in [7, 11) is 0. The number of hydrogen-bond donors (Lipinski definition) is 1. The topological polar surface area (TPSA) is 75.8 Å². The fraction of sp³-hybridized carbons (Fsp3) is 0.250. The van der Waals surface area contributed by atoms with E-state index in [1.54, 1.807) is 0 Å². The van der Waals surface area contributed by atoms with Gasteiger partial charge in [0.05, 0.1) is 0 Å². The van der Waals surface area contributed by atoms with Crippen molar-refractivity contribution >= 4 is 18.3 Å². The molecule has 0 radical (unpaired) electrons. The van der Waals surface area contributed by atoms with Crippen LogP contribution in [0, 0.1) is 0 Å². The molecule has 1 aliphatic heterocycles. The van der Waals surface area contributed by atoms with Crippen LogP contribution in [0.3, 0.4) is 0 Å². The third kappa shape index (κ3) is 0.883. The van der Waals surface area contributed by atoms with Gasteiger partial charge in [0.2, 0.25) is 0 Å². The van der Waals surface area contributed by atoms with Crippen LogP contribution in [0.5, 0.6) is 0 Å². The van der Waals surface area contributed by atoms with Crippen LogP contribution in [0.2, 0.25) is 0 Å². The molecule has 0 saturated carbocycles. The van der Waals surface area contributed by atoms with Crippen molar-refractivity contribution in [2.45, 2.75) is 0 Å². The van der Waals surface area contributed by atoms with Gasteiger partial charge in [-0.1, -0.05) is 0 Å². The molecule has 1 heterocycles. The highest BCUT2D eigenvalue weighted by molar-refractivity contribution is 6.08. The minimum atomic E-state index is -0.777. The molecule has 0 aromatic carbocycles. The molecule has 0 aromatic heterocycles. The number of carbonyl (C=O) groups is 2. The first-order valence-electron chi connectivity index (χ1n) is 2.33. The Bertz CT molecular complexity index is 186. The summed E-state index contributed by atoms with van der Waals surface area (Å²) in [5.41, 5.74) is 4.76. The van der Waals surface area contributed by atoms with Crippen LogP contribution < -0.4 is 5.73 Å². The molecule has 1 aliphatic rings. The zero-order valence-corrected chi connectivity index (χ0v) is 4.57. The Morgan fingerprint density at radius 1 is 1.89 bits per heavy atom. The van der Waals surface area contributed by atoms with Gasteiger partial charge in [0.1, 0.15) is 12.9 Å². The summed E-state index contributed by atoms with van der Waals surface area (Å²) >= 11 is 0. The van der Waals surface area contributed by atoms with E-state index >= 15 is 0 Å². The Labute approximate surface area is 51.1 Å². The van der Waals surface area contributed by atoms with E-state index in [1.165, 1.54) is 0 Å². The normalized spacial score (nSPS) is 16.9. The number of urea groups is 1. The van der Waals surface area contributed by atoms with Crippen molar-refractivity contribution in [3.63, 3.8) is 0 Å².